The van der Waals surface area contributed by atoms with Gasteiger partial charge in [0.05, 0.1) is 11.3 Å². The lowest BCUT2D eigenvalue weighted by Gasteiger charge is -2.00. The van der Waals surface area contributed by atoms with E-state index >= 15 is 0 Å². The molecule has 2 aromatic carbocycles. The van der Waals surface area contributed by atoms with Gasteiger partial charge in [-0.2, -0.15) is 0 Å². The van der Waals surface area contributed by atoms with Crippen molar-refractivity contribution in [1.82, 2.24) is 10.2 Å². The monoisotopic (exact) mass is 410 g/mol. The molecule has 0 radical (unpaired) electrons. The van der Waals surface area contributed by atoms with Gasteiger partial charge in [-0.15, -0.1) is 10.2 Å². The number of halogens is 3. The lowest BCUT2D eigenvalue weighted by Crippen LogP contribution is -2.03. The number of aromatic nitrogens is 2. The molecule has 0 unspecified atom stereocenters. The quantitative estimate of drug-likeness (QED) is 0.448. The van der Waals surface area contributed by atoms with Crippen LogP contribution in [0.5, 0.6) is 0 Å². The summed E-state index contributed by atoms with van der Waals surface area (Å²) in [7, 11) is 0. The van der Waals surface area contributed by atoms with Gasteiger partial charge in [0.1, 0.15) is 0 Å². The Bertz CT molecular complexity index is 901. The maximum atomic E-state index is 13.2. The molecule has 0 fully saturated rings. The fourth-order valence-corrected chi connectivity index (χ4v) is 3.00. The normalized spacial score (nSPS) is 10.8. The van der Waals surface area contributed by atoms with Gasteiger partial charge in [0.15, 0.2) is 17.4 Å². The van der Waals surface area contributed by atoms with E-state index in [9.17, 15) is 13.6 Å². The summed E-state index contributed by atoms with van der Waals surface area (Å²) in [4.78, 5) is 12.0. The third kappa shape index (κ3) is 3.70. The van der Waals surface area contributed by atoms with Crippen molar-refractivity contribution in [3.8, 4) is 11.5 Å². The number of thioether (sulfide) groups is 1. The van der Waals surface area contributed by atoms with Crippen molar-refractivity contribution in [3.63, 3.8) is 0 Å². The Labute approximate surface area is 148 Å². The van der Waals surface area contributed by atoms with Gasteiger partial charge in [0, 0.05) is 10.0 Å². The average Bonchev–Trinajstić information content (AvgIpc) is 3.04. The molecule has 0 bridgehead atoms. The predicted octanol–water partition coefficient (Wildman–Crippen LogP) is 4.75. The second-order valence-corrected chi connectivity index (χ2v) is 6.47. The molecule has 0 spiro atoms. The second-order valence-electron chi connectivity index (χ2n) is 4.69. The van der Waals surface area contributed by atoms with E-state index in [0.717, 1.165) is 33.9 Å². The number of carbonyl (C=O) groups excluding carboxylic acids is 1. The summed E-state index contributed by atoms with van der Waals surface area (Å²) in [5, 5.41) is 8.02. The topological polar surface area (TPSA) is 56.0 Å². The molecule has 3 rings (SSSR count). The number of nitrogens with zero attached hydrogens (tertiary/aromatic N) is 2. The highest BCUT2D eigenvalue weighted by atomic mass is 79.9. The first kappa shape index (κ1) is 16.8. The van der Waals surface area contributed by atoms with E-state index in [0.29, 0.717) is 5.89 Å². The Morgan fingerprint density at radius 1 is 1.12 bits per heavy atom. The van der Waals surface area contributed by atoms with Crippen molar-refractivity contribution in [1.29, 1.82) is 0 Å². The lowest BCUT2D eigenvalue weighted by atomic mass is 10.1. The van der Waals surface area contributed by atoms with Crippen LogP contribution < -0.4 is 0 Å². The van der Waals surface area contributed by atoms with Gasteiger partial charge in [0.2, 0.25) is 5.89 Å². The standard InChI is InChI=1S/C16H9BrF2N2O2S/c17-11-4-2-1-3-10(11)15-20-21-16(23-15)24-8-14(22)9-5-6-12(18)13(19)7-9/h1-7H,8H2. The number of rotatable bonds is 5. The molecule has 122 valence electrons. The van der Waals surface area contributed by atoms with Crippen molar-refractivity contribution in [2.24, 2.45) is 0 Å². The number of Topliss-reactive ketones (excluding diaryl/α,β-unsaturated/α-hetero) is 1. The third-order valence-electron chi connectivity index (χ3n) is 3.08. The lowest BCUT2D eigenvalue weighted by molar-refractivity contribution is 0.102. The van der Waals surface area contributed by atoms with Crippen LogP contribution in [0.1, 0.15) is 10.4 Å². The van der Waals surface area contributed by atoms with E-state index in [-0.39, 0.29) is 22.3 Å². The van der Waals surface area contributed by atoms with E-state index in [1.165, 1.54) is 6.07 Å². The summed E-state index contributed by atoms with van der Waals surface area (Å²) in [5.41, 5.74) is 0.829. The minimum absolute atomic E-state index is 0.0251. The molecule has 0 aliphatic carbocycles. The van der Waals surface area contributed by atoms with Crippen molar-refractivity contribution in [2.75, 3.05) is 5.75 Å². The van der Waals surface area contributed by atoms with Crippen molar-refractivity contribution >= 4 is 33.5 Å². The molecule has 8 heteroatoms. The first-order chi connectivity index (χ1) is 11.5. The summed E-state index contributed by atoms with van der Waals surface area (Å²) in [6, 6.07) is 10.4. The van der Waals surface area contributed by atoms with Crippen LogP contribution in [0.2, 0.25) is 0 Å². The summed E-state index contributed by atoms with van der Waals surface area (Å²) in [6.45, 7) is 0. The molecule has 0 N–H and O–H groups in total. The van der Waals surface area contributed by atoms with E-state index in [4.69, 9.17) is 4.42 Å². The highest BCUT2D eigenvalue weighted by Crippen LogP contribution is 2.29. The number of hydrogen-bond acceptors (Lipinski definition) is 5. The fraction of sp³-hybridized carbons (Fsp3) is 0.0625. The van der Waals surface area contributed by atoms with Gasteiger partial charge >= 0.3 is 0 Å². The molecule has 0 saturated carbocycles. The summed E-state index contributed by atoms with van der Waals surface area (Å²) < 4.78 is 32.3. The molecule has 0 atom stereocenters. The molecular weight excluding hydrogens is 402 g/mol. The summed E-state index contributed by atoms with van der Waals surface area (Å²) >= 11 is 4.43. The highest BCUT2D eigenvalue weighted by Gasteiger charge is 2.15. The zero-order chi connectivity index (χ0) is 17.1. The number of carbonyl (C=O) groups is 1. The molecule has 3 aromatic rings. The highest BCUT2D eigenvalue weighted by molar-refractivity contribution is 9.10. The molecular formula is C16H9BrF2N2O2S. The van der Waals surface area contributed by atoms with Crippen LogP contribution in [0.3, 0.4) is 0 Å². The van der Waals surface area contributed by atoms with Crippen LogP contribution in [0.15, 0.2) is 56.6 Å². The Morgan fingerprint density at radius 2 is 1.92 bits per heavy atom. The van der Waals surface area contributed by atoms with Gasteiger partial charge in [0.25, 0.3) is 5.22 Å². The van der Waals surface area contributed by atoms with Crippen LogP contribution in [0.4, 0.5) is 8.78 Å². The number of hydrogen-bond donors (Lipinski definition) is 0. The zero-order valence-electron chi connectivity index (χ0n) is 12.0. The van der Waals surface area contributed by atoms with Crippen molar-refractivity contribution < 1.29 is 18.0 Å². The Kier molecular flexibility index (Phi) is 5.06. The van der Waals surface area contributed by atoms with Crippen molar-refractivity contribution in [3.05, 3.63) is 64.1 Å². The average molecular weight is 411 g/mol. The van der Waals surface area contributed by atoms with Gasteiger partial charge in [-0.05, 0) is 46.3 Å². The third-order valence-corrected chi connectivity index (χ3v) is 4.59. The van der Waals surface area contributed by atoms with Gasteiger partial charge in [-0.1, -0.05) is 23.9 Å². The van der Waals surface area contributed by atoms with E-state index < -0.39 is 11.6 Å². The Balaban J connectivity index is 1.68. The smallest absolute Gasteiger partial charge is 0.277 e. The Morgan fingerprint density at radius 3 is 2.67 bits per heavy atom. The molecule has 0 aliphatic rings. The molecule has 0 amide bonds. The summed E-state index contributed by atoms with van der Waals surface area (Å²) in [5.74, 6) is -2.11. The predicted molar refractivity (Wildman–Crippen MR) is 88.8 cm³/mol. The minimum atomic E-state index is -1.06. The van der Waals surface area contributed by atoms with E-state index in [1.54, 1.807) is 0 Å². The minimum Gasteiger partial charge on any atom is -0.411 e. The van der Waals surface area contributed by atoms with Crippen LogP contribution in [0, 0.1) is 11.6 Å². The van der Waals surface area contributed by atoms with Gasteiger partial charge in [-0.25, -0.2) is 8.78 Å². The SMILES string of the molecule is O=C(CSc1nnc(-c2ccccc2Br)o1)c1ccc(F)c(F)c1. The van der Waals surface area contributed by atoms with E-state index in [1.807, 2.05) is 24.3 Å². The first-order valence-electron chi connectivity index (χ1n) is 6.74. The fourth-order valence-electron chi connectivity index (χ4n) is 1.89. The van der Waals surface area contributed by atoms with Crippen LogP contribution in [-0.2, 0) is 0 Å². The maximum absolute atomic E-state index is 13.2. The molecule has 0 aliphatic heterocycles. The second kappa shape index (κ2) is 7.23. The maximum Gasteiger partial charge on any atom is 0.277 e. The summed E-state index contributed by atoms with van der Waals surface area (Å²) in [6.07, 6.45) is 0. The largest absolute Gasteiger partial charge is 0.411 e. The molecule has 1 heterocycles. The van der Waals surface area contributed by atoms with E-state index in [2.05, 4.69) is 26.1 Å². The van der Waals surface area contributed by atoms with Gasteiger partial charge < -0.3 is 4.42 Å². The number of ketones is 1. The van der Waals surface area contributed by atoms with Gasteiger partial charge in [-0.3, -0.25) is 4.79 Å². The molecule has 4 nitrogen and oxygen atoms in total. The Hall–Kier alpha value is -2.06. The van der Waals surface area contributed by atoms with Crippen LogP contribution >= 0.6 is 27.7 Å². The van der Waals surface area contributed by atoms with Crippen LogP contribution in [0.25, 0.3) is 11.5 Å². The van der Waals surface area contributed by atoms with Crippen LogP contribution in [-0.4, -0.2) is 21.7 Å². The molecule has 1 aromatic heterocycles. The number of benzene rings is 2. The molecule has 0 saturated heterocycles. The molecule has 24 heavy (non-hydrogen) atoms. The zero-order valence-corrected chi connectivity index (χ0v) is 14.4. The first-order valence-corrected chi connectivity index (χ1v) is 8.52. The van der Waals surface area contributed by atoms with Crippen molar-refractivity contribution in [2.45, 2.75) is 5.22 Å².